The molecule has 0 atom stereocenters. The number of imidazole rings is 1. The van der Waals surface area contributed by atoms with Crippen LogP contribution >= 0.6 is 0 Å². The third-order valence-electron chi connectivity index (χ3n) is 3.02. The maximum atomic E-state index is 5.39. The molecule has 0 aliphatic heterocycles. The number of aromatic nitrogens is 2. The van der Waals surface area contributed by atoms with Gasteiger partial charge in [-0.25, -0.2) is 4.98 Å². The van der Waals surface area contributed by atoms with Crippen molar-refractivity contribution < 1.29 is 4.74 Å². The maximum Gasteiger partial charge on any atom is 0.126 e. The van der Waals surface area contributed by atoms with Crippen LogP contribution in [0.25, 0.3) is 22.2 Å². The molecule has 1 heterocycles. The van der Waals surface area contributed by atoms with E-state index in [2.05, 4.69) is 28.2 Å². The van der Waals surface area contributed by atoms with Crippen molar-refractivity contribution in [2.75, 3.05) is 7.11 Å². The minimum absolute atomic E-state index is 0.882. The Kier molecular flexibility index (Phi) is 2.52. The lowest BCUT2D eigenvalue weighted by molar-refractivity contribution is 0.416. The van der Waals surface area contributed by atoms with E-state index >= 15 is 0 Å². The Balaban J connectivity index is 2.18. The van der Waals surface area contributed by atoms with Gasteiger partial charge in [0.05, 0.1) is 18.1 Å². The number of aryl methyl sites for hydroxylation is 1. The van der Waals surface area contributed by atoms with Crippen LogP contribution in [0.2, 0.25) is 0 Å². The van der Waals surface area contributed by atoms with Gasteiger partial charge in [0.25, 0.3) is 0 Å². The lowest BCUT2D eigenvalue weighted by atomic mass is 10.0. The first-order valence-electron chi connectivity index (χ1n) is 5.87. The summed E-state index contributed by atoms with van der Waals surface area (Å²) in [4.78, 5) is 7.66. The zero-order chi connectivity index (χ0) is 12.5. The summed E-state index contributed by atoms with van der Waals surface area (Å²) < 4.78 is 5.39. The minimum Gasteiger partial charge on any atom is -0.496 e. The number of rotatable bonds is 2. The van der Waals surface area contributed by atoms with Crippen molar-refractivity contribution in [1.29, 1.82) is 0 Å². The Labute approximate surface area is 105 Å². The van der Waals surface area contributed by atoms with Gasteiger partial charge < -0.3 is 9.72 Å². The highest BCUT2D eigenvalue weighted by atomic mass is 16.5. The highest BCUT2D eigenvalue weighted by Crippen LogP contribution is 2.31. The molecule has 0 unspecified atom stereocenters. The summed E-state index contributed by atoms with van der Waals surface area (Å²) in [6.07, 6.45) is 0. The molecule has 0 aliphatic carbocycles. The Bertz CT molecular complexity index is 701. The fourth-order valence-corrected chi connectivity index (χ4v) is 2.19. The van der Waals surface area contributed by atoms with Crippen LogP contribution in [-0.4, -0.2) is 17.1 Å². The number of nitrogens with one attached hydrogen (secondary N) is 1. The second-order valence-corrected chi connectivity index (χ2v) is 4.25. The lowest BCUT2D eigenvalue weighted by Gasteiger charge is -2.07. The second-order valence-electron chi connectivity index (χ2n) is 4.25. The summed E-state index contributed by atoms with van der Waals surface area (Å²) >= 11 is 0. The zero-order valence-electron chi connectivity index (χ0n) is 10.4. The van der Waals surface area contributed by atoms with Gasteiger partial charge in [0.1, 0.15) is 11.6 Å². The molecule has 0 amide bonds. The molecule has 2 aromatic carbocycles. The van der Waals surface area contributed by atoms with Gasteiger partial charge in [-0.1, -0.05) is 24.3 Å². The van der Waals surface area contributed by atoms with E-state index in [1.165, 1.54) is 0 Å². The van der Waals surface area contributed by atoms with E-state index < -0.39 is 0 Å². The third-order valence-corrected chi connectivity index (χ3v) is 3.02. The van der Waals surface area contributed by atoms with Crippen LogP contribution in [-0.2, 0) is 0 Å². The number of para-hydroxylation sites is 1. The predicted octanol–water partition coefficient (Wildman–Crippen LogP) is 3.55. The highest BCUT2D eigenvalue weighted by molar-refractivity contribution is 5.83. The molecule has 3 aromatic rings. The van der Waals surface area contributed by atoms with Crippen molar-refractivity contribution in [2.24, 2.45) is 0 Å². The fraction of sp³-hybridized carbons (Fsp3) is 0.133. The fourth-order valence-electron chi connectivity index (χ4n) is 2.19. The Morgan fingerprint density at radius 3 is 2.78 bits per heavy atom. The van der Waals surface area contributed by atoms with Crippen LogP contribution in [0, 0.1) is 6.92 Å². The summed E-state index contributed by atoms with van der Waals surface area (Å²) in [7, 11) is 1.69. The monoisotopic (exact) mass is 238 g/mol. The van der Waals surface area contributed by atoms with Gasteiger partial charge >= 0.3 is 0 Å². The van der Waals surface area contributed by atoms with Gasteiger partial charge in [0, 0.05) is 5.56 Å². The van der Waals surface area contributed by atoms with Crippen molar-refractivity contribution in [3.8, 4) is 16.9 Å². The Hall–Kier alpha value is -2.29. The molecule has 3 rings (SSSR count). The topological polar surface area (TPSA) is 37.9 Å². The van der Waals surface area contributed by atoms with Crippen LogP contribution in [0.3, 0.4) is 0 Å². The predicted molar refractivity (Wildman–Crippen MR) is 72.8 cm³/mol. The van der Waals surface area contributed by atoms with Crippen LogP contribution < -0.4 is 4.74 Å². The average Bonchev–Trinajstić information content (AvgIpc) is 2.77. The molecule has 3 nitrogen and oxygen atoms in total. The molecule has 0 saturated carbocycles. The molecule has 0 fully saturated rings. The van der Waals surface area contributed by atoms with Crippen LogP contribution in [0.4, 0.5) is 0 Å². The second kappa shape index (κ2) is 4.18. The van der Waals surface area contributed by atoms with Crippen LogP contribution in [0.5, 0.6) is 5.75 Å². The number of hydrogen-bond acceptors (Lipinski definition) is 2. The number of methoxy groups -OCH3 is 1. The molecule has 0 bridgehead atoms. The van der Waals surface area contributed by atoms with Crippen molar-refractivity contribution in [1.82, 2.24) is 9.97 Å². The SMILES string of the molecule is COc1ccccc1-c1ccc2nc(C)[nH]c2c1. The first-order chi connectivity index (χ1) is 8.78. The quantitative estimate of drug-likeness (QED) is 0.741. The largest absolute Gasteiger partial charge is 0.496 e. The Morgan fingerprint density at radius 1 is 1.11 bits per heavy atom. The lowest BCUT2D eigenvalue weighted by Crippen LogP contribution is -1.87. The van der Waals surface area contributed by atoms with E-state index in [9.17, 15) is 0 Å². The summed E-state index contributed by atoms with van der Waals surface area (Å²) in [5, 5.41) is 0. The maximum absolute atomic E-state index is 5.39. The van der Waals surface area contributed by atoms with Gasteiger partial charge in [-0.15, -0.1) is 0 Å². The van der Waals surface area contributed by atoms with Crippen molar-refractivity contribution in [3.05, 3.63) is 48.3 Å². The van der Waals surface area contributed by atoms with Gasteiger partial charge in [-0.2, -0.15) is 0 Å². The highest BCUT2D eigenvalue weighted by Gasteiger charge is 2.06. The molecule has 0 radical (unpaired) electrons. The van der Waals surface area contributed by atoms with E-state index in [1.54, 1.807) is 7.11 Å². The molecule has 0 spiro atoms. The molecular weight excluding hydrogens is 224 g/mol. The first-order valence-corrected chi connectivity index (χ1v) is 5.87. The molecule has 90 valence electrons. The summed E-state index contributed by atoms with van der Waals surface area (Å²) in [6.45, 7) is 1.96. The number of hydrogen-bond donors (Lipinski definition) is 1. The molecule has 0 saturated heterocycles. The van der Waals surface area contributed by atoms with Crippen molar-refractivity contribution in [2.45, 2.75) is 6.92 Å². The van der Waals surface area contributed by atoms with Gasteiger partial charge in [0.2, 0.25) is 0 Å². The Morgan fingerprint density at radius 2 is 1.94 bits per heavy atom. The van der Waals surface area contributed by atoms with E-state index in [1.807, 2.05) is 31.2 Å². The summed E-state index contributed by atoms with van der Waals surface area (Å²) in [5.41, 5.74) is 4.26. The van der Waals surface area contributed by atoms with Crippen molar-refractivity contribution in [3.63, 3.8) is 0 Å². The molecule has 1 N–H and O–H groups in total. The van der Waals surface area contributed by atoms with E-state index in [-0.39, 0.29) is 0 Å². The van der Waals surface area contributed by atoms with Crippen molar-refractivity contribution >= 4 is 11.0 Å². The normalized spacial score (nSPS) is 10.8. The molecular formula is C15H14N2O. The first kappa shape index (κ1) is 10.8. The molecule has 3 heteroatoms. The van der Waals surface area contributed by atoms with Crippen LogP contribution in [0.15, 0.2) is 42.5 Å². The van der Waals surface area contributed by atoms with E-state index in [4.69, 9.17) is 4.74 Å². The number of nitrogens with zero attached hydrogens (tertiary/aromatic N) is 1. The summed E-state index contributed by atoms with van der Waals surface area (Å²) in [5.74, 6) is 1.82. The third kappa shape index (κ3) is 1.74. The number of ether oxygens (including phenoxy) is 1. The number of H-pyrrole nitrogens is 1. The van der Waals surface area contributed by atoms with Gasteiger partial charge in [0.15, 0.2) is 0 Å². The van der Waals surface area contributed by atoms with E-state index in [0.717, 1.165) is 33.7 Å². The summed E-state index contributed by atoms with van der Waals surface area (Å²) in [6, 6.07) is 14.2. The van der Waals surface area contributed by atoms with Gasteiger partial charge in [-0.05, 0) is 30.7 Å². The number of benzene rings is 2. The standard InChI is InChI=1S/C15H14N2O/c1-10-16-13-8-7-11(9-14(13)17-10)12-5-3-4-6-15(12)18-2/h3-9H,1-2H3,(H,16,17). The zero-order valence-corrected chi connectivity index (χ0v) is 10.4. The van der Waals surface area contributed by atoms with Gasteiger partial charge in [-0.3, -0.25) is 0 Å². The van der Waals surface area contributed by atoms with E-state index in [0.29, 0.717) is 0 Å². The number of aromatic amines is 1. The minimum atomic E-state index is 0.882. The number of fused-ring (bicyclic) bond motifs is 1. The molecule has 0 aliphatic rings. The molecule has 18 heavy (non-hydrogen) atoms. The van der Waals surface area contributed by atoms with Crippen LogP contribution in [0.1, 0.15) is 5.82 Å². The average molecular weight is 238 g/mol. The smallest absolute Gasteiger partial charge is 0.126 e. The molecule has 1 aromatic heterocycles.